The molecule has 216 valence electrons. The second kappa shape index (κ2) is 15.3. The summed E-state index contributed by atoms with van der Waals surface area (Å²) < 4.78 is 56.1. The Labute approximate surface area is 231 Å². The maximum absolute atomic E-state index is 13.6. The van der Waals surface area contributed by atoms with E-state index in [1.54, 1.807) is 23.2 Å². The van der Waals surface area contributed by atoms with Gasteiger partial charge in [-0.15, -0.1) is 0 Å². The molecule has 0 radical (unpaired) electrons. The summed E-state index contributed by atoms with van der Waals surface area (Å²) in [5.41, 5.74) is 3.21. The van der Waals surface area contributed by atoms with E-state index in [2.05, 4.69) is 11.9 Å². The van der Waals surface area contributed by atoms with Crippen molar-refractivity contribution in [3.05, 3.63) is 65.5 Å². The minimum absolute atomic E-state index is 0.0456. The van der Waals surface area contributed by atoms with Gasteiger partial charge in [0.1, 0.15) is 5.83 Å². The van der Waals surface area contributed by atoms with E-state index >= 15 is 0 Å². The SMILES string of the molecule is C=C1CN(C(=O)Nc2ccc(C3CCN(S(=O)(=O)CCOCCOCCOC)CC3)cc2)C/C1=C/C(F)=C\C. The Hall–Kier alpha value is -2.57. The zero-order valence-electron chi connectivity index (χ0n) is 22.9. The second-order valence-corrected chi connectivity index (χ2v) is 11.7. The number of halogens is 1. The number of carbonyl (C=O) groups is 1. The quantitative estimate of drug-likeness (QED) is 0.362. The van der Waals surface area contributed by atoms with Crippen LogP contribution in [-0.4, -0.2) is 95.7 Å². The summed E-state index contributed by atoms with van der Waals surface area (Å²) in [5.74, 6) is -0.148. The number of benzene rings is 1. The van der Waals surface area contributed by atoms with Gasteiger partial charge in [-0.25, -0.2) is 21.9 Å². The number of ether oxygens (including phenoxy) is 3. The van der Waals surface area contributed by atoms with Crippen LogP contribution < -0.4 is 5.32 Å². The molecule has 0 aliphatic carbocycles. The average Bonchev–Trinajstić information content (AvgIpc) is 3.30. The number of likely N-dealkylation sites (tertiary alicyclic amines) is 1. The molecule has 1 N–H and O–H groups in total. The van der Waals surface area contributed by atoms with Crippen molar-refractivity contribution in [2.75, 3.05) is 77.4 Å². The van der Waals surface area contributed by atoms with Crippen LogP contribution in [0.3, 0.4) is 0 Å². The van der Waals surface area contributed by atoms with Gasteiger partial charge >= 0.3 is 6.03 Å². The smallest absolute Gasteiger partial charge is 0.322 e. The van der Waals surface area contributed by atoms with E-state index in [-0.39, 0.29) is 30.1 Å². The summed E-state index contributed by atoms with van der Waals surface area (Å²) in [6, 6.07) is 7.39. The highest BCUT2D eigenvalue weighted by Gasteiger charge is 2.29. The molecule has 11 heteroatoms. The fraction of sp³-hybridized carbons (Fsp3) is 0.536. The molecule has 1 aromatic rings. The Bertz CT molecular complexity index is 1130. The molecule has 2 aliphatic heterocycles. The molecule has 1 aromatic carbocycles. The first kappa shape index (κ1) is 31.0. The van der Waals surface area contributed by atoms with Crippen LogP contribution >= 0.6 is 0 Å². The minimum atomic E-state index is -3.37. The topological polar surface area (TPSA) is 97.4 Å². The molecule has 0 atom stereocenters. The number of hydrogen-bond acceptors (Lipinski definition) is 6. The molecule has 2 fully saturated rings. The van der Waals surface area contributed by atoms with E-state index < -0.39 is 10.0 Å². The number of rotatable bonds is 13. The number of allylic oxidation sites excluding steroid dienone is 3. The molecular formula is C28H40FN3O6S. The van der Waals surface area contributed by atoms with Crippen LogP contribution in [0.15, 0.2) is 60.0 Å². The molecule has 39 heavy (non-hydrogen) atoms. The maximum atomic E-state index is 13.6. The maximum Gasteiger partial charge on any atom is 0.322 e. The fourth-order valence-electron chi connectivity index (χ4n) is 4.51. The number of urea groups is 1. The first-order chi connectivity index (χ1) is 18.7. The van der Waals surface area contributed by atoms with Crippen molar-refractivity contribution < 1.29 is 31.8 Å². The van der Waals surface area contributed by atoms with Gasteiger partial charge in [0.2, 0.25) is 10.0 Å². The van der Waals surface area contributed by atoms with Crippen molar-refractivity contribution in [2.45, 2.75) is 25.7 Å². The molecule has 0 spiro atoms. The highest BCUT2D eigenvalue weighted by Crippen LogP contribution is 2.30. The number of carbonyl (C=O) groups excluding carboxylic acids is 1. The van der Waals surface area contributed by atoms with Gasteiger partial charge in [0, 0.05) is 39.0 Å². The summed E-state index contributed by atoms with van der Waals surface area (Å²) in [7, 11) is -1.77. The van der Waals surface area contributed by atoms with E-state index in [0.717, 1.165) is 24.0 Å². The fourth-order valence-corrected chi connectivity index (χ4v) is 5.87. The number of sulfonamides is 1. The summed E-state index contributed by atoms with van der Waals surface area (Å²) >= 11 is 0. The van der Waals surface area contributed by atoms with Crippen LogP contribution in [0.4, 0.5) is 14.9 Å². The van der Waals surface area contributed by atoms with Crippen molar-refractivity contribution in [2.24, 2.45) is 0 Å². The highest BCUT2D eigenvalue weighted by molar-refractivity contribution is 7.89. The van der Waals surface area contributed by atoms with Gasteiger partial charge in [0.25, 0.3) is 0 Å². The zero-order chi connectivity index (χ0) is 28.3. The van der Waals surface area contributed by atoms with Crippen molar-refractivity contribution >= 4 is 21.7 Å². The molecule has 2 aliphatic rings. The first-order valence-corrected chi connectivity index (χ1v) is 14.8. The van der Waals surface area contributed by atoms with E-state index in [9.17, 15) is 17.6 Å². The van der Waals surface area contributed by atoms with Crippen molar-refractivity contribution in [3.8, 4) is 0 Å². The lowest BCUT2D eigenvalue weighted by Crippen LogP contribution is -2.40. The van der Waals surface area contributed by atoms with Gasteiger partial charge in [0.05, 0.1) is 38.8 Å². The van der Waals surface area contributed by atoms with E-state index in [1.165, 1.54) is 12.2 Å². The Morgan fingerprint density at radius 1 is 1.08 bits per heavy atom. The highest BCUT2D eigenvalue weighted by atomic mass is 32.2. The van der Waals surface area contributed by atoms with Gasteiger partial charge in [-0.05, 0) is 60.6 Å². The van der Waals surface area contributed by atoms with Gasteiger partial charge in [-0.3, -0.25) is 0 Å². The minimum Gasteiger partial charge on any atom is -0.382 e. The summed E-state index contributed by atoms with van der Waals surface area (Å²) in [6.07, 6.45) is 4.24. The van der Waals surface area contributed by atoms with Crippen molar-refractivity contribution in [1.29, 1.82) is 0 Å². The Morgan fingerprint density at radius 2 is 1.72 bits per heavy atom. The van der Waals surface area contributed by atoms with Crippen molar-refractivity contribution in [1.82, 2.24) is 9.21 Å². The van der Waals surface area contributed by atoms with E-state index in [1.807, 2.05) is 24.3 Å². The zero-order valence-corrected chi connectivity index (χ0v) is 23.7. The lowest BCUT2D eigenvalue weighted by atomic mass is 9.90. The van der Waals surface area contributed by atoms with Gasteiger partial charge < -0.3 is 24.4 Å². The van der Waals surface area contributed by atoms with Crippen LogP contribution in [0.1, 0.15) is 31.2 Å². The predicted octanol–water partition coefficient (Wildman–Crippen LogP) is 4.08. The molecule has 0 saturated carbocycles. The molecular weight excluding hydrogens is 525 g/mol. The largest absolute Gasteiger partial charge is 0.382 e. The third kappa shape index (κ3) is 9.54. The van der Waals surface area contributed by atoms with Crippen LogP contribution in [0.5, 0.6) is 0 Å². The molecule has 2 heterocycles. The number of nitrogens with zero attached hydrogens (tertiary/aromatic N) is 2. The molecule has 0 bridgehead atoms. The molecule has 2 saturated heterocycles. The number of piperidine rings is 1. The van der Waals surface area contributed by atoms with Gasteiger partial charge in [-0.1, -0.05) is 24.8 Å². The number of anilines is 1. The van der Waals surface area contributed by atoms with Crippen LogP contribution in [0.25, 0.3) is 0 Å². The Kier molecular flexibility index (Phi) is 12.1. The molecule has 0 aromatic heterocycles. The van der Waals surface area contributed by atoms with Gasteiger partial charge in [0.15, 0.2) is 0 Å². The molecule has 3 rings (SSSR count). The average molecular weight is 566 g/mol. The van der Waals surface area contributed by atoms with Crippen LogP contribution in [0, 0.1) is 0 Å². The predicted molar refractivity (Wildman–Crippen MR) is 150 cm³/mol. The number of methoxy groups -OCH3 is 1. The lowest BCUT2D eigenvalue weighted by Gasteiger charge is -2.31. The standard InChI is InChI=1S/C28H40FN3O6S/c1-4-26(29)19-25-21-31(20-22(25)2)28(33)30-27-7-5-23(6-8-27)24-9-11-32(12-10-24)39(34,35)18-17-38-16-15-37-14-13-36-3/h4-8,19,24H,2,9-18,20-21H2,1,3H3,(H,30,33)/b25-19-,26-4+. The number of amides is 2. The Morgan fingerprint density at radius 3 is 2.36 bits per heavy atom. The molecule has 0 unspecified atom stereocenters. The lowest BCUT2D eigenvalue weighted by molar-refractivity contribution is 0.0282. The van der Waals surface area contributed by atoms with Crippen molar-refractivity contribution in [3.63, 3.8) is 0 Å². The normalized spacial score (nSPS) is 18.7. The first-order valence-electron chi connectivity index (χ1n) is 13.2. The third-order valence-electron chi connectivity index (χ3n) is 6.84. The molecule has 2 amide bonds. The summed E-state index contributed by atoms with van der Waals surface area (Å²) in [4.78, 5) is 14.3. The third-order valence-corrected chi connectivity index (χ3v) is 8.68. The number of hydrogen-bond donors (Lipinski definition) is 1. The van der Waals surface area contributed by atoms with E-state index in [4.69, 9.17) is 14.2 Å². The Balaban J connectivity index is 1.41. The number of nitrogens with one attached hydrogen (secondary N) is 1. The molecule has 9 nitrogen and oxygen atoms in total. The van der Waals surface area contributed by atoms with Gasteiger partial charge in [-0.2, -0.15) is 0 Å². The second-order valence-electron chi connectivity index (χ2n) is 9.56. The van der Waals surface area contributed by atoms with E-state index in [0.29, 0.717) is 63.9 Å². The van der Waals surface area contributed by atoms with Crippen LogP contribution in [0.2, 0.25) is 0 Å². The monoisotopic (exact) mass is 565 g/mol. The summed E-state index contributed by atoms with van der Waals surface area (Å²) in [6.45, 7) is 9.04. The summed E-state index contributed by atoms with van der Waals surface area (Å²) in [5, 5.41) is 2.89. The van der Waals surface area contributed by atoms with Crippen LogP contribution in [-0.2, 0) is 24.2 Å².